The van der Waals surface area contributed by atoms with Crippen LogP contribution in [0.5, 0.6) is 0 Å². The minimum absolute atomic E-state index is 0.543. The van der Waals surface area contributed by atoms with Crippen LogP contribution < -0.4 is 5.32 Å². The third kappa shape index (κ3) is 2.44. The first-order valence-electron chi connectivity index (χ1n) is 5.67. The molecule has 0 saturated heterocycles. The summed E-state index contributed by atoms with van der Waals surface area (Å²) in [6.45, 7) is 0. The molecule has 76 valence electrons. The summed E-state index contributed by atoms with van der Waals surface area (Å²) >= 11 is 0. The summed E-state index contributed by atoms with van der Waals surface area (Å²) < 4.78 is 5.27. The van der Waals surface area contributed by atoms with Gasteiger partial charge in [0.1, 0.15) is 0 Å². The summed E-state index contributed by atoms with van der Waals surface area (Å²) in [6.07, 6.45) is 10.1. The Morgan fingerprint density at radius 1 is 1.00 bits per heavy atom. The summed E-state index contributed by atoms with van der Waals surface area (Å²) in [4.78, 5) is 0. The van der Waals surface area contributed by atoms with Crippen molar-refractivity contribution in [2.45, 2.75) is 63.1 Å². The summed E-state index contributed by atoms with van der Waals surface area (Å²) in [7, 11) is 1.82. The molecular weight excluding hydrogens is 162 g/mol. The number of rotatable bonds is 3. The lowest BCUT2D eigenvalue weighted by Gasteiger charge is -2.38. The molecule has 2 aliphatic rings. The van der Waals surface area contributed by atoms with E-state index in [0.717, 1.165) is 12.1 Å². The highest BCUT2D eigenvalue weighted by atomic mass is 16.5. The monoisotopic (exact) mass is 183 g/mol. The molecule has 0 aromatic heterocycles. The first-order chi connectivity index (χ1) is 6.38. The van der Waals surface area contributed by atoms with Gasteiger partial charge in [-0.1, -0.05) is 19.3 Å². The second kappa shape index (κ2) is 4.43. The molecule has 2 saturated carbocycles. The molecular formula is C11H21NO. The van der Waals surface area contributed by atoms with Crippen molar-refractivity contribution in [2.24, 2.45) is 0 Å². The zero-order valence-corrected chi connectivity index (χ0v) is 8.59. The topological polar surface area (TPSA) is 21.3 Å². The van der Waals surface area contributed by atoms with E-state index in [9.17, 15) is 0 Å². The fraction of sp³-hybridized carbons (Fsp3) is 1.00. The van der Waals surface area contributed by atoms with E-state index < -0.39 is 0 Å². The van der Waals surface area contributed by atoms with Gasteiger partial charge in [0.15, 0.2) is 0 Å². The maximum atomic E-state index is 5.27. The van der Waals surface area contributed by atoms with Crippen LogP contribution in [0.15, 0.2) is 0 Å². The quantitative estimate of drug-likeness (QED) is 0.723. The van der Waals surface area contributed by atoms with Crippen molar-refractivity contribution in [1.82, 2.24) is 5.32 Å². The first kappa shape index (κ1) is 9.47. The van der Waals surface area contributed by atoms with Crippen LogP contribution in [0.3, 0.4) is 0 Å². The van der Waals surface area contributed by atoms with Crippen molar-refractivity contribution in [3.63, 3.8) is 0 Å². The Bertz CT molecular complexity index is 148. The number of hydrogen-bond acceptors (Lipinski definition) is 2. The molecule has 0 aliphatic heterocycles. The molecule has 2 rings (SSSR count). The van der Waals surface area contributed by atoms with Gasteiger partial charge in [0.2, 0.25) is 0 Å². The molecule has 0 aromatic rings. The standard InChI is InChI=1S/C11H21NO/c1-13-11-7-10(8-11)12-9-5-3-2-4-6-9/h9-12H,2-8H2,1H3. The van der Waals surface area contributed by atoms with Crippen LogP contribution in [0, 0.1) is 0 Å². The summed E-state index contributed by atoms with van der Waals surface area (Å²) in [5.41, 5.74) is 0. The molecule has 0 bridgehead atoms. The van der Waals surface area contributed by atoms with Gasteiger partial charge in [-0.2, -0.15) is 0 Å². The molecule has 2 nitrogen and oxygen atoms in total. The average molecular weight is 183 g/mol. The van der Waals surface area contributed by atoms with Gasteiger partial charge in [0.25, 0.3) is 0 Å². The van der Waals surface area contributed by atoms with E-state index in [1.165, 1.54) is 44.9 Å². The Hall–Kier alpha value is -0.0800. The van der Waals surface area contributed by atoms with Crippen LogP contribution in [0.4, 0.5) is 0 Å². The third-order valence-electron chi connectivity index (χ3n) is 3.50. The number of methoxy groups -OCH3 is 1. The van der Waals surface area contributed by atoms with Crippen LogP contribution in [0.25, 0.3) is 0 Å². The summed E-state index contributed by atoms with van der Waals surface area (Å²) in [5, 5.41) is 3.74. The van der Waals surface area contributed by atoms with Crippen molar-refractivity contribution in [2.75, 3.05) is 7.11 Å². The van der Waals surface area contributed by atoms with Gasteiger partial charge >= 0.3 is 0 Å². The Morgan fingerprint density at radius 2 is 1.69 bits per heavy atom. The maximum absolute atomic E-state index is 5.27. The summed E-state index contributed by atoms with van der Waals surface area (Å²) in [6, 6.07) is 1.57. The fourth-order valence-electron chi connectivity index (χ4n) is 2.50. The molecule has 0 amide bonds. The molecule has 0 spiro atoms. The van der Waals surface area contributed by atoms with Gasteiger partial charge in [0, 0.05) is 19.2 Å². The van der Waals surface area contributed by atoms with Gasteiger partial charge in [-0.3, -0.25) is 0 Å². The molecule has 0 atom stereocenters. The van der Waals surface area contributed by atoms with Gasteiger partial charge in [-0.05, 0) is 25.7 Å². The number of hydrogen-bond donors (Lipinski definition) is 1. The highest BCUT2D eigenvalue weighted by Crippen LogP contribution is 2.25. The highest BCUT2D eigenvalue weighted by molar-refractivity contribution is 4.88. The summed E-state index contributed by atoms with van der Waals surface area (Å²) in [5.74, 6) is 0. The maximum Gasteiger partial charge on any atom is 0.0601 e. The normalized spacial score (nSPS) is 35.8. The molecule has 0 aromatic carbocycles. The van der Waals surface area contributed by atoms with E-state index in [-0.39, 0.29) is 0 Å². The second-order valence-electron chi connectivity index (χ2n) is 4.53. The predicted molar refractivity (Wildman–Crippen MR) is 53.8 cm³/mol. The Morgan fingerprint density at radius 3 is 2.31 bits per heavy atom. The molecule has 1 N–H and O–H groups in total. The largest absolute Gasteiger partial charge is 0.381 e. The number of nitrogens with one attached hydrogen (secondary N) is 1. The Labute approximate surface area is 81.0 Å². The van der Waals surface area contributed by atoms with Gasteiger partial charge in [0.05, 0.1) is 6.10 Å². The van der Waals surface area contributed by atoms with E-state index in [2.05, 4.69) is 5.32 Å². The smallest absolute Gasteiger partial charge is 0.0601 e. The van der Waals surface area contributed by atoms with Crippen LogP contribution >= 0.6 is 0 Å². The molecule has 0 heterocycles. The van der Waals surface area contributed by atoms with E-state index in [1.54, 1.807) is 0 Å². The van der Waals surface area contributed by atoms with Crippen LogP contribution in [0.1, 0.15) is 44.9 Å². The lowest BCUT2D eigenvalue weighted by Crippen LogP contribution is -2.49. The van der Waals surface area contributed by atoms with Crippen LogP contribution in [0.2, 0.25) is 0 Å². The lowest BCUT2D eigenvalue weighted by molar-refractivity contribution is 0.0128. The number of ether oxygens (including phenoxy) is 1. The third-order valence-corrected chi connectivity index (χ3v) is 3.50. The average Bonchev–Trinajstić information content (AvgIpc) is 2.12. The van der Waals surface area contributed by atoms with Crippen molar-refractivity contribution < 1.29 is 4.74 Å². The predicted octanol–water partition coefficient (Wildman–Crippen LogP) is 2.09. The zero-order valence-electron chi connectivity index (χ0n) is 8.59. The zero-order chi connectivity index (χ0) is 9.10. The molecule has 13 heavy (non-hydrogen) atoms. The van der Waals surface area contributed by atoms with E-state index in [4.69, 9.17) is 4.74 Å². The first-order valence-corrected chi connectivity index (χ1v) is 5.67. The van der Waals surface area contributed by atoms with Gasteiger partial charge in [-0.15, -0.1) is 0 Å². The van der Waals surface area contributed by atoms with E-state index >= 15 is 0 Å². The van der Waals surface area contributed by atoms with Crippen LogP contribution in [-0.4, -0.2) is 25.3 Å². The minimum Gasteiger partial charge on any atom is -0.381 e. The van der Waals surface area contributed by atoms with Crippen molar-refractivity contribution in [3.8, 4) is 0 Å². The van der Waals surface area contributed by atoms with Crippen molar-refractivity contribution in [3.05, 3.63) is 0 Å². The molecule has 2 fully saturated rings. The molecule has 2 heteroatoms. The molecule has 2 aliphatic carbocycles. The minimum atomic E-state index is 0.543. The van der Waals surface area contributed by atoms with Gasteiger partial charge < -0.3 is 10.1 Å². The molecule has 0 unspecified atom stereocenters. The van der Waals surface area contributed by atoms with Crippen molar-refractivity contribution in [1.29, 1.82) is 0 Å². The highest BCUT2D eigenvalue weighted by Gasteiger charge is 2.30. The fourth-order valence-corrected chi connectivity index (χ4v) is 2.50. The Balaban J connectivity index is 1.62. The van der Waals surface area contributed by atoms with Crippen molar-refractivity contribution >= 4 is 0 Å². The van der Waals surface area contributed by atoms with Crippen LogP contribution in [-0.2, 0) is 4.74 Å². The van der Waals surface area contributed by atoms with E-state index in [1.807, 2.05) is 7.11 Å². The van der Waals surface area contributed by atoms with E-state index in [0.29, 0.717) is 6.10 Å². The SMILES string of the molecule is COC1CC(NC2CCCCC2)C1. The Kier molecular flexibility index (Phi) is 3.23. The van der Waals surface area contributed by atoms with Gasteiger partial charge in [-0.25, -0.2) is 0 Å². The molecule has 0 radical (unpaired) electrons. The lowest BCUT2D eigenvalue weighted by atomic mass is 9.86. The second-order valence-corrected chi connectivity index (χ2v) is 4.53.